The second kappa shape index (κ2) is 91.8. The lowest BCUT2D eigenvalue weighted by Gasteiger charge is -2.43. The van der Waals surface area contributed by atoms with Crippen LogP contribution in [0.1, 0.15) is 283 Å². The van der Waals surface area contributed by atoms with Gasteiger partial charge in [-0.2, -0.15) is 0 Å². The maximum Gasteiger partial charge on any atom is 0.0470 e. The molecule has 18 rings (SSSR count). The van der Waals surface area contributed by atoms with Gasteiger partial charge in [0.15, 0.2) is 0 Å². The second-order valence-electron chi connectivity index (χ2n) is 31.0. The van der Waals surface area contributed by atoms with E-state index in [0.717, 1.165) is 31.8 Å². The van der Waals surface area contributed by atoms with E-state index in [1.165, 1.54) is 126 Å². The van der Waals surface area contributed by atoms with Crippen LogP contribution in [0.15, 0.2) is 378 Å². The largest absolute Gasteiger partial charge is 0.371 e. The molecule has 11 aliphatic rings. The van der Waals surface area contributed by atoms with Crippen molar-refractivity contribution in [1.82, 2.24) is 19.6 Å². The van der Waals surface area contributed by atoms with Crippen molar-refractivity contribution in [2.45, 2.75) is 307 Å². The number of aryl methyl sites for hydroxylation is 8. The van der Waals surface area contributed by atoms with Gasteiger partial charge in [0.25, 0.3) is 0 Å². The molecule has 0 spiro atoms. The van der Waals surface area contributed by atoms with Crippen LogP contribution in [0.5, 0.6) is 0 Å². The molecule has 3 aliphatic heterocycles. The fraction of sp³-hybridized carbons (Fsp3) is 0.435. The first-order valence-corrected chi connectivity index (χ1v) is 52.5. The number of hydrogen-bond acceptors (Lipinski definition) is 4. The molecule has 7 aromatic rings. The summed E-state index contributed by atoms with van der Waals surface area (Å²) < 4.78 is 0. The van der Waals surface area contributed by atoms with E-state index in [4.69, 9.17) is 0 Å². The Morgan fingerprint density at radius 2 is 0.593 bits per heavy atom. The molecule has 8 aliphatic carbocycles. The van der Waals surface area contributed by atoms with Crippen LogP contribution < -0.4 is 0 Å². The third kappa shape index (κ3) is 57.6. The predicted molar refractivity (Wildman–Crippen MR) is 623 cm³/mol. The first-order chi connectivity index (χ1) is 65.6. The molecule has 4 nitrogen and oxygen atoms in total. The molecule has 4 heteroatoms. The minimum atomic E-state index is 0.591. The zero-order chi connectivity index (χ0) is 104. The van der Waals surface area contributed by atoms with Crippen molar-refractivity contribution < 1.29 is 0 Å². The van der Waals surface area contributed by atoms with Crippen LogP contribution in [0.3, 0.4) is 0 Å². The molecule has 135 heavy (non-hydrogen) atoms. The summed E-state index contributed by atoms with van der Waals surface area (Å²) in [4.78, 5) is 9.53. The third-order valence-corrected chi connectivity index (χ3v) is 21.8. The summed E-state index contributed by atoms with van der Waals surface area (Å²) in [6.45, 7) is 82.8. The van der Waals surface area contributed by atoms with Crippen molar-refractivity contribution in [1.29, 1.82) is 0 Å². The van der Waals surface area contributed by atoms with Crippen LogP contribution in [0.2, 0.25) is 0 Å². The molecule has 0 bridgehead atoms. The molecule has 3 heterocycles. The van der Waals surface area contributed by atoms with E-state index in [2.05, 4.69) is 369 Å². The Morgan fingerprint density at radius 1 is 0.274 bits per heavy atom. The predicted octanol–water partition coefficient (Wildman–Crippen LogP) is 38.4. The van der Waals surface area contributed by atoms with E-state index in [0.29, 0.717) is 35.9 Å². The molecule has 0 saturated carbocycles. The number of allylic oxidation sites excluding steroid dienone is 23. The summed E-state index contributed by atoms with van der Waals surface area (Å²) in [6, 6.07) is 67.8. The van der Waals surface area contributed by atoms with Crippen LogP contribution in [-0.4, -0.2) is 92.1 Å². The van der Waals surface area contributed by atoms with Gasteiger partial charge in [0, 0.05) is 74.8 Å². The zero-order valence-corrected chi connectivity index (χ0v) is 94.7. The van der Waals surface area contributed by atoms with Crippen molar-refractivity contribution in [2.24, 2.45) is 23.7 Å². The summed E-state index contributed by atoms with van der Waals surface area (Å²) >= 11 is 0. The van der Waals surface area contributed by atoms with Gasteiger partial charge in [-0.1, -0.05) is 557 Å². The van der Waals surface area contributed by atoms with E-state index in [-0.39, 0.29) is 0 Å². The molecule has 0 amide bonds. The SMILES string of the molecule is CC.CC.CC.CC.CC.CC.CC.CC.CC.CC.CC.CC.CC1=CC=C(C)C2C=CC=CC12.CC1=CCC(C)C2=C1C=CC2.CC1=CCN(C)C2=C1CC=C2.CC1=CCN(C)C2C=CC=CC12.CN1CCN(C)C2C=CC=CC21.Cc1ccc(C)c2c1C=CC2.Cc1ccccc1.Cc1ccccc1.Cc1ccccc1.Cc1ccccc1.Cc1ccccc1.Cc1ccccc1. The Kier molecular flexibility index (Phi) is 92.3. The molecular weight excluding hydrogens is 1630 g/mol. The van der Waals surface area contributed by atoms with Crippen LogP contribution in [0.25, 0.3) is 6.08 Å². The molecule has 7 unspecified atom stereocenters. The lowest BCUT2D eigenvalue weighted by molar-refractivity contribution is 0.101. The number of nitrogens with zero attached hydrogens (tertiary/aromatic N) is 4. The van der Waals surface area contributed by atoms with Crippen molar-refractivity contribution in [3.8, 4) is 0 Å². The number of hydrogen-bond donors (Lipinski definition) is 0. The molecule has 7 aromatic carbocycles. The van der Waals surface area contributed by atoms with Gasteiger partial charge in [0.1, 0.15) is 0 Å². The average molecular weight is 1840 g/mol. The minimum Gasteiger partial charge on any atom is -0.371 e. The third-order valence-electron chi connectivity index (χ3n) is 21.8. The van der Waals surface area contributed by atoms with Gasteiger partial charge >= 0.3 is 0 Å². The van der Waals surface area contributed by atoms with Crippen LogP contribution in [0, 0.1) is 79.1 Å². The average Bonchev–Trinajstić information content (AvgIpc) is 0.971. The lowest BCUT2D eigenvalue weighted by atomic mass is 9.76. The van der Waals surface area contributed by atoms with Crippen molar-refractivity contribution in [3.05, 3.63) is 434 Å². The molecule has 1 fully saturated rings. The van der Waals surface area contributed by atoms with Gasteiger partial charge in [-0.3, -0.25) is 14.7 Å². The highest BCUT2D eigenvalue weighted by Crippen LogP contribution is 2.38. The monoisotopic (exact) mass is 1830 g/mol. The fourth-order valence-corrected chi connectivity index (χ4v) is 14.5. The highest BCUT2D eigenvalue weighted by atomic mass is 15.3. The summed E-state index contributed by atoms with van der Waals surface area (Å²) in [5.74, 6) is 2.65. The number of piperazine rings is 1. The Balaban J connectivity index is -0.000000331. The topological polar surface area (TPSA) is 13.0 Å². The highest BCUT2D eigenvalue weighted by Gasteiger charge is 2.31. The van der Waals surface area contributed by atoms with Crippen molar-refractivity contribution in [3.63, 3.8) is 0 Å². The molecule has 0 radical (unpaired) electrons. The molecule has 1 saturated heterocycles. The number of likely N-dealkylation sites (N-methyl/N-ethyl adjacent to an activating group) is 4. The number of benzene rings is 7. The van der Waals surface area contributed by atoms with Gasteiger partial charge in [-0.15, -0.1) is 0 Å². The molecule has 748 valence electrons. The van der Waals surface area contributed by atoms with Gasteiger partial charge < -0.3 is 4.90 Å². The Morgan fingerprint density at radius 3 is 0.911 bits per heavy atom. The quantitative estimate of drug-likeness (QED) is 0.140. The van der Waals surface area contributed by atoms with E-state index in [1.807, 2.05) is 275 Å². The van der Waals surface area contributed by atoms with Crippen molar-refractivity contribution >= 4 is 6.08 Å². The van der Waals surface area contributed by atoms with Gasteiger partial charge in [0.05, 0.1) is 0 Å². The van der Waals surface area contributed by atoms with Gasteiger partial charge in [-0.05, 0) is 193 Å². The highest BCUT2D eigenvalue weighted by molar-refractivity contribution is 5.65. The summed E-state index contributed by atoms with van der Waals surface area (Å²) in [7, 11) is 8.74. The van der Waals surface area contributed by atoms with Crippen LogP contribution in [0.4, 0.5) is 0 Å². The number of fused-ring (bicyclic) bond motifs is 4. The maximum absolute atomic E-state index is 2.42. The minimum absolute atomic E-state index is 0.591. The van der Waals surface area contributed by atoms with Gasteiger partial charge in [-0.25, -0.2) is 0 Å². The first kappa shape index (κ1) is 136. The molecule has 0 N–H and O–H groups in total. The first-order valence-electron chi connectivity index (χ1n) is 52.5. The van der Waals surface area contributed by atoms with E-state index >= 15 is 0 Å². The Labute approximate surface area is 838 Å². The molecular formula is C131H204N4. The normalized spacial score (nSPS) is 17.8. The second-order valence-corrected chi connectivity index (χ2v) is 31.0. The summed E-state index contributed by atoms with van der Waals surface area (Å²) in [5, 5.41) is 0. The maximum atomic E-state index is 2.42. The van der Waals surface area contributed by atoms with Crippen molar-refractivity contribution in [2.75, 3.05) is 54.4 Å². The Bertz CT molecular complexity index is 4110. The van der Waals surface area contributed by atoms with Gasteiger partial charge in [0.2, 0.25) is 0 Å². The lowest BCUT2D eigenvalue weighted by Crippen LogP contribution is -2.55. The smallest absolute Gasteiger partial charge is 0.0470 e. The van der Waals surface area contributed by atoms with Crippen LogP contribution in [-0.2, 0) is 6.42 Å². The molecule has 0 aromatic heterocycles. The van der Waals surface area contributed by atoms with E-state index in [9.17, 15) is 0 Å². The molecule has 7 atom stereocenters. The summed E-state index contributed by atoms with van der Waals surface area (Å²) in [5.41, 5.74) is 27.2. The summed E-state index contributed by atoms with van der Waals surface area (Å²) in [6.07, 6.45) is 56.3. The fourth-order valence-electron chi connectivity index (χ4n) is 14.5. The van der Waals surface area contributed by atoms with E-state index < -0.39 is 0 Å². The standard InChI is InChI=1S/C12H14.C11H15N.C11H14.C11H12.C10H16N2.C10H13N.6C7H8.12C2H6/c1-9-7-8-10(2)12-6-4-3-5-11(9)12;1-9-7-8-12(2)11-6-4-3-5-10(9)11;2*1-8-6-7-9(2)11-5-3-4-10(8)11;1-11-7-8-12(2)10-6-4-3-5-9(10)11;1-8-6-7-11(2)10-5-3-4-9(8)10;6*1-7-5-3-2-4-6-7;12*1-2/h3-8,11-12H,1-2H3;3-7,10-11H,8H2,1-2H3;3-4,6,9H,5,7H2,1-2H3;3-4,6-7H,5H2,1-2H3;3-6,9-10H,7-8H2,1-2H3;3,5-6H,4,7H2,1-2H3;6*2-6H,1H3;12*1-2H3. The number of rotatable bonds is 0. The zero-order valence-electron chi connectivity index (χ0n) is 94.7. The van der Waals surface area contributed by atoms with E-state index in [1.54, 1.807) is 5.57 Å². The Hall–Kier alpha value is -9.94. The van der Waals surface area contributed by atoms with Crippen LogP contribution >= 0.6 is 0 Å².